The van der Waals surface area contributed by atoms with Gasteiger partial charge in [0.15, 0.2) is 0 Å². The van der Waals surface area contributed by atoms with E-state index in [1.165, 1.54) is 12.2 Å². The highest BCUT2D eigenvalue weighted by Gasteiger charge is 2.25. The Hall–Kier alpha value is -2.34. The first kappa shape index (κ1) is 21.4. The third-order valence-electron chi connectivity index (χ3n) is 4.76. The van der Waals surface area contributed by atoms with Gasteiger partial charge in [-0.2, -0.15) is 0 Å². The van der Waals surface area contributed by atoms with E-state index in [9.17, 15) is 4.79 Å². The maximum atomic E-state index is 12.6. The smallest absolute Gasteiger partial charge is 0.253 e. The summed E-state index contributed by atoms with van der Waals surface area (Å²) in [5.74, 6) is -0.592. The number of hydroxylamine groups is 2. The van der Waals surface area contributed by atoms with Crippen LogP contribution in [0.5, 0.6) is 0 Å². The minimum atomic E-state index is -0.434. The molecule has 1 aliphatic rings. The Bertz CT molecular complexity index is 1000. The fourth-order valence-corrected chi connectivity index (χ4v) is 4.29. The summed E-state index contributed by atoms with van der Waals surface area (Å²) in [4.78, 5) is 24.9. The van der Waals surface area contributed by atoms with Crippen molar-refractivity contribution in [3.63, 3.8) is 0 Å². The van der Waals surface area contributed by atoms with Crippen LogP contribution in [0.4, 0.5) is 0 Å². The standard InChI is InChI=1S/C23H23ClN2O2S/c1-5-16(23(27)26(3)28-4)14-20-15(2)29-21-12-7-6-11-19(21)22(25-20)17-9-8-10-18(24)13-17/h5-13,16H,1,14H2,2-4H3. The maximum absolute atomic E-state index is 12.6. The van der Waals surface area contributed by atoms with Crippen molar-refractivity contribution in [1.82, 2.24) is 5.06 Å². The van der Waals surface area contributed by atoms with Crippen molar-refractivity contribution < 1.29 is 9.63 Å². The Morgan fingerprint density at radius 1 is 1.31 bits per heavy atom. The van der Waals surface area contributed by atoms with Crippen molar-refractivity contribution in [2.45, 2.75) is 18.2 Å². The summed E-state index contributed by atoms with van der Waals surface area (Å²) < 4.78 is 0. The number of thioether (sulfide) groups is 1. The molecular formula is C23H23ClN2O2S. The van der Waals surface area contributed by atoms with E-state index in [0.717, 1.165) is 32.3 Å². The SMILES string of the molecule is C=CC(CC1=C(C)Sc2ccccc2C(c2cccc(Cl)c2)=N1)C(=O)N(C)OC. The first-order chi connectivity index (χ1) is 13.9. The molecule has 0 N–H and O–H groups in total. The normalized spacial score (nSPS) is 14.6. The topological polar surface area (TPSA) is 41.9 Å². The van der Waals surface area contributed by atoms with E-state index in [4.69, 9.17) is 21.4 Å². The van der Waals surface area contributed by atoms with Crippen LogP contribution in [-0.2, 0) is 9.63 Å². The van der Waals surface area contributed by atoms with Gasteiger partial charge >= 0.3 is 0 Å². The highest BCUT2D eigenvalue weighted by atomic mass is 35.5. The van der Waals surface area contributed by atoms with Gasteiger partial charge in [0.2, 0.25) is 0 Å². The van der Waals surface area contributed by atoms with Gasteiger partial charge in [0.05, 0.1) is 24.4 Å². The summed E-state index contributed by atoms with van der Waals surface area (Å²) in [6.45, 7) is 5.88. The molecule has 1 atom stereocenters. The molecule has 0 saturated heterocycles. The van der Waals surface area contributed by atoms with Crippen LogP contribution >= 0.6 is 23.4 Å². The summed E-state index contributed by atoms with van der Waals surface area (Å²) in [6.07, 6.45) is 2.09. The predicted octanol–water partition coefficient (Wildman–Crippen LogP) is 5.73. The molecule has 1 heterocycles. The van der Waals surface area contributed by atoms with Gasteiger partial charge in [-0.15, -0.1) is 6.58 Å². The van der Waals surface area contributed by atoms with Gasteiger partial charge in [0, 0.05) is 39.4 Å². The van der Waals surface area contributed by atoms with Crippen LogP contribution in [0.1, 0.15) is 24.5 Å². The summed E-state index contributed by atoms with van der Waals surface area (Å²) in [5, 5.41) is 1.88. The lowest BCUT2D eigenvalue weighted by Crippen LogP contribution is -2.31. The molecule has 0 spiro atoms. The van der Waals surface area contributed by atoms with Gasteiger partial charge in [-0.25, -0.2) is 5.06 Å². The van der Waals surface area contributed by atoms with Crippen LogP contribution in [0, 0.1) is 5.92 Å². The van der Waals surface area contributed by atoms with E-state index in [1.54, 1.807) is 24.9 Å². The minimum absolute atomic E-state index is 0.158. The number of halogens is 1. The van der Waals surface area contributed by atoms with E-state index in [2.05, 4.69) is 18.7 Å². The third kappa shape index (κ3) is 4.81. The molecule has 0 fully saturated rings. The van der Waals surface area contributed by atoms with Crippen LogP contribution in [0.15, 0.2) is 81.7 Å². The molecule has 1 unspecified atom stereocenters. The lowest BCUT2D eigenvalue weighted by atomic mass is 10.00. The van der Waals surface area contributed by atoms with Gasteiger partial charge in [-0.1, -0.05) is 59.8 Å². The number of benzene rings is 2. The Kier molecular flexibility index (Phi) is 6.96. The summed E-state index contributed by atoms with van der Waals surface area (Å²) in [6, 6.07) is 15.8. The second-order valence-corrected chi connectivity index (χ2v) is 8.33. The number of aliphatic imine (C=N–C) groups is 1. The van der Waals surface area contributed by atoms with Crippen molar-refractivity contribution in [2.75, 3.05) is 14.2 Å². The third-order valence-corrected chi connectivity index (χ3v) is 6.11. The van der Waals surface area contributed by atoms with Crippen molar-refractivity contribution in [3.05, 3.63) is 87.9 Å². The molecule has 1 amide bonds. The zero-order valence-electron chi connectivity index (χ0n) is 16.7. The number of hydrogen-bond donors (Lipinski definition) is 0. The van der Waals surface area contributed by atoms with Gasteiger partial charge in [-0.3, -0.25) is 14.6 Å². The quantitative estimate of drug-likeness (QED) is 0.437. The average molecular weight is 427 g/mol. The Morgan fingerprint density at radius 3 is 2.76 bits per heavy atom. The molecule has 0 bridgehead atoms. The van der Waals surface area contributed by atoms with E-state index in [1.807, 2.05) is 43.3 Å². The highest BCUT2D eigenvalue weighted by Crippen LogP contribution is 2.38. The second kappa shape index (κ2) is 9.44. The molecule has 6 heteroatoms. The molecule has 2 aromatic carbocycles. The molecule has 4 nitrogen and oxygen atoms in total. The minimum Gasteiger partial charge on any atom is -0.275 e. The molecule has 3 rings (SSSR count). The fourth-order valence-electron chi connectivity index (χ4n) is 3.10. The molecule has 0 aromatic heterocycles. The van der Waals surface area contributed by atoms with Gasteiger partial charge < -0.3 is 0 Å². The van der Waals surface area contributed by atoms with Crippen LogP contribution in [0.2, 0.25) is 5.02 Å². The molecule has 29 heavy (non-hydrogen) atoms. The fraction of sp³-hybridized carbons (Fsp3) is 0.217. The van der Waals surface area contributed by atoms with Gasteiger partial charge in [0.1, 0.15) is 0 Å². The molecule has 0 aliphatic carbocycles. The van der Waals surface area contributed by atoms with Gasteiger partial charge in [0.25, 0.3) is 5.91 Å². The highest BCUT2D eigenvalue weighted by molar-refractivity contribution is 8.03. The molecule has 1 aliphatic heterocycles. The molecule has 0 saturated carbocycles. The first-order valence-corrected chi connectivity index (χ1v) is 10.4. The van der Waals surface area contributed by atoms with E-state index in [0.29, 0.717) is 11.4 Å². The second-order valence-electron chi connectivity index (χ2n) is 6.64. The number of carbonyl (C=O) groups is 1. The number of fused-ring (bicyclic) bond motifs is 1. The number of carbonyl (C=O) groups excluding carboxylic acids is 1. The van der Waals surface area contributed by atoms with Crippen molar-refractivity contribution >= 4 is 35.0 Å². The Labute approximate surface area is 180 Å². The number of allylic oxidation sites excluding steroid dienone is 2. The number of amides is 1. The Morgan fingerprint density at radius 2 is 2.07 bits per heavy atom. The molecule has 2 aromatic rings. The zero-order valence-corrected chi connectivity index (χ0v) is 18.3. The van der Waals surface area contributed by atoms with E-state index >= 15 is 0 Å². The van der Waals surface area contributed by atoms with Crippen LogP contribution < -0.4 is 0 Å². The largest absolute Gasteiger partial charge is 0.275 e. The lowest BCUT2D eigenvalue weighted by molar-refractivity contribution is -0.171. The first-order valence-electron chi connectivity index (χ1n) is 9.20. The summed E-state index contributed by atoms with van der Waals surface area (Å²) in [5.41, 5.74) is 3.68. The van der Waals surface area contributed by atoms with Crippen molar-refractivity contribution in [3.8, 4) is 0 Å². The predicted molar refractivity (Wildman–Crippen MR) is 120 cm³/mol. The van der Waals surface area contributed by atoms with Crippen LogP contribution in [-0.4, -0.2) is 30.8 Å². The summed E-state index contributed by atoms with van der Waals surface area (Å²) >= 11 is 7.91. The van der Waals surface area contributed by atoms with Crippen LogP contribution in [0.25, 0.3) is 0 Å². The van der Waals surface area contributed by atoms with Crippen molar-refractivity contribution in [2.24, 2.45) is 10.9 Å². The average Bonchev–Trinajstić information content (AvgIpc) is 2.87. The van der Waals surface area contributed by atoms with Crippen molar-refractivity contribution in [1.29, 1.82) is 0 Å². The van der Waals surface area contributed by atoms with E-state index in [-0.39, 0.29) is 5.91 Å². The van der Waals surface area contributed by atoms with E-state index < -0.39 is 5.92 Å². The molecule has 0 radical (unpaired) electrons. The Balaban J connectivity index is 2.08. The maximum Gasteiger partial charge on any atom is 0.253 e. The number of nitrogens with zero attached hydrogens (tertiary/aromatic N) is 2. The summed E-state index contributed by atoms with van der Waals surface area (Å²) in [7, 11) is 3.06. The molecular weight excluding hydrogens is 404 g/mol. The number of rotatable bonds is 6. The zero-order chi connectivity index (χ0) is 21.0. The molecule has 150 valence electrons. The van der Waals surface area contributed by atoms with Gasteiger partial charge in [-0.05, 0) is 25.1 Å². The number of hydrogen-bond acceptors (Lipinski definition) is 4. The van der Waals surface area contributed by atoms with Crippen LogP contribution in [0.3, 0.4) is 0 Å². The monoisotopic (exact) mass is 426 g/mol. The lowest BCUT2D eigenvalue weighted by Gasteiger charge is -2.20.